The minimum Gasteiger partial charge on any atom is -0.397 e. The number of hydrogen-bond donors (Lipinski definition) is 0. The van der Waals surface area contributed by atoms with Crippen LogP contribution >= 0.6 is 0 Å². The lowest BCUT2D eigenvalue weighted by atomic mass is 9.78. The molecule has 1 atom stereocenters. The Morgan fingerprint density at radius 1 is 1.36 bits per heavy atom. The van der Waals surface area contributed by atoms with Gasteiger partial charge in [0.2, 0.25) is 0 Å². The van der Waals surface area contributed by atoms with E-state index in [-0.39, 0.29) is 0 Å². The van der Waals surface area contributed by atoms with E-state index >= 15 is 0 Å². The van der Waals surface area contributed by atoms with E-state index < -0.39 is 19.6 Å². The Morgan fingerprint density at radius 2 is 1.93 bits per heavy atom. The smallest absolute Gasteiger partial charge is 0.186 e. The molecule has 2 nitrogen and oxygen atoms in total. The summed E-state index contributed by atoms with van der Waals surface area (Å²) in [5.74, 6) is 0.385. The summed E-state index contributed by atoms with van der Waals surface area (Å²) in [7, 11) is -1.84. The zero-order chi connectivity index (χ0) is 10.6. The molecule has 2 bridgehead atoms. The molecule has 0 aliphatic heterocycles. The lowest BCUT2D eigenvalue weighted by molar-refractivity contribution is -0.0418. The molecule has 14 heavy (non-hydrogen) atoms. The van der Waals surface area contributed by atoms with Gasteiger partial charge >= 0.3 is 0 Å². The van der Waals surface area contributed by atoms with Crippen molar-refractivity contribution in [2.45, 2.75) is 50.2 Å². The van der Waals surface area contributed by atoms with E-state index in [9.17, 15) is 4.39 Å². The predicted octanol–water partition coefficient (Wildman–Crippen LogP) is 2.62. The summed E-state index contributed by atoms with van der Waals surface area (Å²) >= 11 is 0. The minimum atomic E-state index is -1.84. The van der Waals surface area contributed by atoms with Gasteiger partial charge in [-0.2, -0.15) is 5.26 Å². The van der Waals surface area contributed by atoms with E-state index in [4.69, 9.17) is 9.69 Å². The Kier molecular flexibility index (Phi) is 1.87. The fourth-order valence-electron chi connectivity index (χ4n) is 2.74. The number of nitriles is 1. The standard InChI is InChI=1S/C10H16FNOSi/c1-14(2,3)13-10(7-12)6-8-4-9(10,11)5-8/h8H,4-6H2,1-3H3. The molecule has 4 heteroatoms. The molecular weight excluding hydrogens is 197 g/mol. The normalized spacial score (nSPS) is 45.8. The van der Waals surface area contributed by atoms with Gasteiger partial charge in [-0.25, -0.2) is 4.39 Å². The van der Waals surface area contributed by atoms with E-state index in [0.29, 0.717) is 25.2 Å². The van der Waals surface area contributed by atoms with Gasteiger partial charge in [-0.3, -0.25) is 0 Å². The number of alkyl halides is 1. The summed E-state index contributed by atoms with van der Waals surface area (Å²) < 4.78 is 20.0. The molecule has 0 aromatic carbocycles. The van der Waals surface area contributed by atoms with Crippen molar-refractivity contribution in [1.82, 2.24) is 0 Å². The molecule has 0 N–H and O–H groups in total. The molecule has 0 aromatic heterocycles. The van der Waals surface area contributed by atoms with Gasteiger partial charge < -0.3 is 4.43 Å². The van der Waals surface area contributed by atoms with Gasteiger partial charge in [0.05, 0.1) is 0 Å². The van der Waals surface area contributed by atoms with Gasteiger partial charge in [0.15, 0.2) is 19.6 Å². The van der Waals surface area contributed by atoms with Crippen molar-refractivity contribution >= 4 is 8.32 Å². The zero-order valence-corrected chi connectivity index (χ0v) is 9.93. The topological polar surface area (TPSA) is 33.0 Å². The van der Waals surface area contributed by atoms with Crippen LogP contribution < -0.4 is 0 Å². The van der Waals surface area contributed by atoms with Gasteiger partial charge in [0, 0.05) is 0 Å². The summed E-state index contributed by atoms with van der Waals surface area (Å²) in [6.07, 6.45) is 1.67. The fourth-order valence-corrected chi connectivity index (χ4v) is 4.10. The number of halogens is 1. The van der Waals surface area contributed by atoms with Crippen LogP contribution in [0.3, 0.4) is 0 Å². The highest BCUT2D eigenvalue weighted by Gasteiger charge is 2.70. The molecule has 0 aromatic rings. The highest BCUT2D eigenvalue weighted by Crippen LogP contribution is 2.62. The second kappa shape index (κ2) is 2.59. The van der Waals surface area contributed by atoms with Crippen LogP contribution in [-0.4, -0.2) is 19.6 Å². The summed E-state index contributed by atoms with van der Waals surface area (Å²) in [4.78, 5) is 0. The van der Waals surface area contributed by atoms with Crippen LogP contribution in [0.1, 0.15) is 19.3 Å². The van der Waals surface area contributed by atoms with Crippen molar-refractivity contribution in [3.8, 4) is 6.07 Å². The van der Waals surface area contributed by atoms with E-state index in [1.165, 1.54) is 0 Å². The van der Waals surface area contributed by atoms with Crippen LogP contribution in [0.4, 0.5) is 4.39 Å². The first-order chi connectivity index (χ1) is 6.30. The Labute approximate surface area is 85.2 Å². The Balaban J connectivity index is 2.25. The first-order valence-corrected chi connectivity index (χ1v) is 8.51. The van der Waals surface area contributed by atoms with Crippen LogP contribution in [0, 0.1) is 17.2 Å². The fraction of sp³-hybridized carbons (Fsp3) is 0.900. The summed E-state index contributed by atoms with van der Waals surface area (Å²) in [6.45, 7) is 6.02. The van der Waals surface area contributed by atoms with Crippen molar-refractivity contribution in [1.29, 1.82) is 5.26 Å². The average Bonchev–Trinajstić information content (AvgIpc) is 2.34. The zero-order valence-electron chi connectivity index (χ0n) is 8.93. The van der Waals surface area contributed by atoms with Crippen LogP contribution in [0.2, 0.25) is 19.6 Å². The predicted molar refractivity (Wildman–Crippen MR) is 54.0 cm³/mol. The van der Waals surface area contributed by atoms with E-state index in [1.807, 2.05) is 19.6 Å². The van der Waals surface area contributed by atoms with Crippen molar-refractivity contribution in [3.05, 3.63) is 0 Å². The molecule has 3 fully saturated rings. The molecule has 3 aliphatic rings. The highest BCUT2D eigenvalue weighted by atomic mass is 28.4. The molecule has 3 aliphatic carbocycles. The van der Waals surface area contributed by atoms with Crippen LogP contribution in [0.5, 0.6) is 0 Å². The van der Waals surface area contributed by atoms with Crippen LogP contribution in [0.25, 0.3) is 0 Å². The largest absolute Gasteiger partial charge is 0.397 e. The van der Waals surface area contributed by atoms with E-state index in [2.05, 4.69) is 6.07 Å². The van der Waals surface area contributed by atoms with Crippen LogP contribution in [0.15, 0.2) is 0 Å². The van der Waals surface area contributed by atoms with Gasteiger partial charge in [-0.1, -0.05) is 0 Å². The van der Waals surface area contributed by atoms with Crippen molar-refractivity contribution in [2.75, 3.05) is 0 Å². The van der Waals surface area contributed by atoms with Crippen molar-refractivity contribution in [2.24, 2.45) is 5.92 Å². The summed E-state index contributed by atoms with van der Waals surface area (Å²) in [6, 6.07) is 2.10. The Morgan fingerprint density at radius 3 is 2.21 bits per heavy atom. The molecule has 1 unspecified atom stereocenters. The monoisotopic (exact) mass is 213 g/mol. The second-order valence-electron chi connectivity index (χ2n) is 5.60. The summed E-state index contributed by atoms with van der Waals surface area (Å²) in [5, 5.41) is 9.15. The quantitative estimate of drug-likeness (QED) is 0.661. The highest BCUT2D eigenvalue weighted by molar-refractivity contribution is 6.69. The maximum atomic E-state index is 14.2. The van der Waals surface area contributed by atoms with Crippen LogP contribution in [-0.2, 0) is 4.43 Å². The minimum absolute atomic E-state index is 0.385. The van der Waals surface area contributed by atoms with Gasteiger partial charge in [0.25, 0.3) is 0 Å². The summed E-state index contributed by atoms with van der Waals surface area (Å²) in [5.41, 5.74) is -2.45. The third kappa shape index (κ3) is 1.23. The van der Waals surface area contributed by atoms with Gasteiger partial charge in [0.1, 0.15) is 6.07 Å². The Hall–Kier alpha value is -0.403. The number of nitrogens with zero attached hydrogens (tertiary/aromatic N) is 1. The van der Waals surface area contributed by atoms with Crippen molar-refractivity contribution in [3.63, 3.8) is 0 Å². The molecule has 0 heterocycles. The molecule has 0 spiro atoms. The maximum Gasteiger partial charge on any atom is 0.186 e. The molecule has 0 radical (unpaired) electrons. The number of hydrogen-bond acceptors (Lipinski definition) is 2. The molecular formula is C10H16FNOSi. The number of fused-ring (bicyclic) bond motifs is 1. The molecule has 0 amide bonds. The lowest BCUT2D eigenvalue weighted by Crippen LogP contribution is -2.53. The number of rotatable bonds is 2. The molecule has 3 rings (SSSR count). The van der Waals surface area contributed by atoms with Gasteiger partial charge in [-0.15, -0.1) is 0 Å². The van der Waals surface area contributed by atoms with E-state index in [1.54, 1.807) is 0 Å². The van der Waals surface area contributed by atoms with Crippen molar-refractivity contribution < 1.29 is 8.82 Å². The average molecular weight is 213 g/mol. The molecule has 3 saturated carbocycles. The van der Waals surface area contributed by atoms with Gasteiger partial charge in [-0.05, 0) is 44.8 Å². The molecule has 0 saturated heterocycles. The second-order valence-corrected chi connectivity index (χ2v) is 10.0. The third-order valence-corrected chi connectivity index (χ3v) is 4.15. The first-order valence-electron chi connectivity index (χ1n) is 5.11. The Bertz CT molecular complexity index is 300. The third-order valence-electron chi connectivity index (χ3n) is 3.19. The molecule has 78 valence electrons. The SMILES string of the molecule is C[Si](C)(C)OC1(C#N)CC2CC1(F)C2. The maximum absolute atomic E-state index is 14.2. The first kappa shape index (κ1) is 10.1. The lowest BCUT2D eigenvalue weighted by Gasteiger charge is -2.40. The van der Waals surface area contributed by atoms with E-state index in [0.717, 1.165) is 0 Å².